The van der Waals surface area contributed by atoms with Crippen LogP contribution in [0.2, 0.25) is 0 Å². The number of amides is 1. The number of benzene rings is 1. The van der Waals surface area contributed by atoms with Crippen LogP contribution < -0.4 is 15.6 Å². The second kappa shape index (κ2) is 11.4. The monoisotopic (exact) mass is 498 g/mol. The molecule has 1 aliphatic rings. The van der Waals surface area contributed by atoms with Gasteiger partial charge in [-0.05, 0) is 36.2 Å². The molecule has 3 aromatic rings. The smallest absolute Gasteiger partial charge is 0.387 e. The number of rotatable bonds is 9. The average Bonchev–Trinajstić information content (AvgIpc) is 2.88. The Morgan fingerprint density at radius 3 is 2.56 bits per heavy atom. The van der Waals surface area contributed by atoms with Crippen molar-refractivity contribution in [1.29, 1.82) is 0 Å². The van der Waals surface area contributed by atoms with Gasteiger partial charge in [0.15, 0.2) is 0 Å². The van der Waals surface area contributed by atoms with Crippen LogP contribution in [0.5, 0.6) is 5.75 Å². The van der Waals surface area contributed by atoms with Crippen molar-refractivity contribution >= 4 is 16.9 Å². The lowest BCUT2D eigenvalue weighted by Gasteiger charge is -2.27. The number of ether oxygens (including phenoxy) is 2. The van der Waals surface area contributed by atoms with Crippen LogP contribution in [0.3, 0.4) is 0 Å². The van der Waals surface area contributed by atoms with E-state index in [2.05, 4.69) is 26.5 Å². The predicted molar refractivity (Wildman–Crippen MR) is 132 cm³/mol. The van der Waals surface area contributed by atoms with Crippen LogP contribution in [0.15, 0.2) is 59.7 Å². The van der Waals surface area contributed by atoms with Crippen LogP contribution in [0, 0.1) is 0 Å². The molecule has 0 spiro atoms. The number of nitrogens with one attached hydrogen (secondary N) is 1. The Labute approximate surface area is 207 Å². The fourth-order valence-electron chi connectivity index (χ4n) is 4.00. The minimum absolute atomic E-state index is 0.00120. The van der Waals surface area contributed by atoms with E-state index in [1.807, 2.05) is 13.0 Å². The van der Waals surface area contributed by atoms with Gasteiger partial charge in [0, 0.05) is 49.0 Å². The van der Waals surface area contributed by atoms with Gasteiger partial charge < -0.3 is 14.8 Å². The molecule has 1 N–H and O–H groups in total. The number of pyridine rings is 2. The van der Waals surface area contributed by atoms with Crippen molar-refractivity contribution in [3.8, 4) is 16.9 Å². The van der Waals surface area contributed by atoms with E-state index in [4.69, 9.17) is 4.74 Å². The molecule has 0 unspecified atom stereocenters. The number of morpholine rings is 1. The highest BCUT2D eigenvalue weighted by Crippen LogP contribution is 2.25. The average molecular weight is 499 g/mol. The van der Waals surface area contributed by atoms with Gasteiger partial charge in [-0.1, -0.05) is 25.6 Å². The lowest BCUT2D eigenvalue weighted by molar-refractivity contribution is -0.0498. The van der Waals surface area contributed by atoms with Gasteiger partial charge >= 0.3 is 6.61 Å². The first-order chi connectivity index (χ1) is 17.4. The van der Waals surface area contributed by atoms with E-state index in [0.29, 0.717) is 55.0 Å². The Kier molecular flexibility index (Phi) is 8.07. The summed E-state index contributed by atoms with van der Waals surface area (Å²) < 4.78 is 36.3. The van der Waals surface area contributed by atoms with Crippen molar-refractivity contribution in [2.75, 3.05) is 32.8 Å². The number of hydrogen-bond acceptors (Lipinski definition) is 6. The number of carbonyl (C=O) groups is 1. The maximum atomic E-state index is 13.4. The molecule has 1 aliphatic heterocycles. The highest BCUT2D eigenvalue weighted by atomic mass is 19.3. The number of alkyl halides is 2. The van der Waals surface area contributed by atoms with Gasteiger partial charge in [0.25, 0.3) is 11.5 Å². The van der Waals surface area contributed by atoms with Gasteiger partial charge in [-0.2, -0.15) is 8.78 Å². The zero-order valence-corrected chi connectivity index (χ0v) is 20.0. The molecule has 8 nitrogen and oxygen atoms in total. The third kappa shape index (κ3) is 5.95. The van der Waals surface area contributed by atoms with Gasteiger partial charge in [-0.25, -0.2) is 4.98 Å². The molecule has 36 heavy (non-hydrogen) atoms. The summed E-state index contributed by atoms with van der Waals surface area (Å²) in [4.78, 5) is 33.0. The first-order valence-corrected chi connectivity index (χ1v) is 11.7. The molecule has 1 saturated heterocycles. The molecule has 1 amide bonds. The van der Waals surface area contributed by atoms with Crippen molar-refractivity contribution in [3.05, 3.63) is 70.8 Å². The fraction of sp³-hybridized carbons (Fsp3) is 0.346. The van der Waals surface area contributed by atoms with Crippen LogP contribution in [-0.4, -0.2) is 59.8 Å². The third-order valence-corrected chi connectivity index (χ3v) is 6.04. The summed E-state index contributed by atoms with van der Waals surface area (Å²) in [5.41, 5.74) is 1.97. The lowest BCUT2D eigenvalue weighted by atomic mass is 10.1. The zero-order chi connectivity index (χ0) is 25.7. The number of carbonyl (C=O) groups excluding carboxylic acids is 1. The van der Waals surface area contributed by atoms with Crippen LogP contribution >= 0.6 is 0 Å². The van der Waals surface area contributed by atoms with Gasteiger partial charge in [-0.3, -0.25) is 19.1 Å². The van der Waals surface area contributed by atoms with E-state index in [0.717, 1.165) is 18.7 Å². The van der Waals surface area contributed by atoms with Crippen LogP contribution in [0.1, 0.15) is 23.7 Å². The molecule has 4 rings (SSSR count). The van der Waals surface area contributed by atoms with E-state index in [1.165, 1.54) is 22.8 Å². The van der Waals surface area contributed by atoms with Crippen LogP contribution in [-0.2, 0) is 11.3 Å². The topological polar surface area (TPSA) is 85.7 Å². The molecule has 0 saturated carbocycles. The molecular formula is C26H28F2N4O4. The molecule has 190 valence electrons. The maximum absolute atomic E-state index is 13.4. The second-order valence-corrected chi connectivity index (χ2v) is 8.42. The Bertz CT molecular complexity index is 1300. The van der Waals surface area contributed by atoms with Crippen molar-refractivity contribution < 1.29 is 23.0 Å². The third-order valence-electron chi connectivity index (χ3n) is 6.04. The van der Waals surface area contributed by atoms with E-state index in [-0.39, 0.29) is 11.3 Å². The summed E-state index contributed by atoms with van der Waals surface area (Å²) in [7, 11) is 0. The second-order valence-electron chi connectivity index (χ2n) is 8.42. The van der Waals surface area contributed by atoms with Crippen molar-refractivity contribution in [3.63, 3.8) is 0 Å². The summed E-state index contributed by atoms with van der Waals surface area (Å²) in [5.74, 6) is -0.470. The Morgan fingerprint density at radius 1 is 1.17 bits per heavy atom. The lowest BCUT2D eigenvalue weighted by Crippen LogP contribution is -2.40. The van der Waals surface area contributed by atoms with Crippen LogP contribution in [0.25, 0.3) is 22.2 Å². The Balaban J connectivity index is 1.72. The minimum Gasteiger partial charge on any atom is -0.435 e. The Morgan fingerprint density at radius 2 is 1.89 bits per heavy atom. The molecule has 0 atom stereocenters. The number of nitrogens with zero attached hydrogens (tertiary/aromatic N) is 3. The number of hydrogen-bond donors (Lipinski definition) is 1. The molecule has 0 bridgehead atoms. The number of allylic oxidation sites excluding steroid dienone is 1. The van der Waals surface area contributed by atoms with Crippen molar-refractivity contribution in [1.82, 2.24) is 19.8 Å². The molecule has 3 heterocycles. The standard InChI is InChI=1S/C26H28F2N4O4/c1-3-17(2)30-24(33)22-15-19-14-20(18-4-6-21(7-5-18)36-26(27)28)16-29-23(19)32(25(22)34)9-8-31-10-12-35-13-11-31/h4-7,14-16,26H,2-3,8-13H2,1H3,(H,30,33). The van der Waals surface area contributed by atoms with E-state index >= 15 is 0 Å². The number of halogens is 2. The first-order valence-electron chi connectivity index (χ1n) is 11.7. The maximum Gasteiger partial charge on any atom is 0.387 e. The quantitative estimate of drug-likeness (QED) is 0.485. The summed E-state index contributed by atoms with van der Waals surface area (Å²) in [6.45, 7) is 6.54. The highest BCUT2D eigenvalue weighted by Gasteiger charge is 2.19. The zero-order valence-electron chi connectivity index (χ0n) is 20.0. The Hall–Kier alpha value is -3.63. The van der Waals surface area contributed by atoms with E-state index < -0.39 is 18.1 Å². The van der Waals surface area contributed by atoms with Crippen LogP contribution in [0.4, 0.5) is 8.78 Å². The molecule has 1 aromatic carbocycles. The van der Waals surface area contributed by atoms with E-state index in [1.54, 1.807) is 18.3 Å². The summed E-state index contributed by atoms with van der Waals surface area (Å²) in [6.07, 6.45) is 2.16. The van der Waals surface area contributed by atoms with E-state index in [9.17, 15) is 18.4 Å². The van der Waals surface area contributed by atoms with Gasteiger partial charge in [0.1, 0.15) is 17.0 Å². The number of aromatic nitrogens is 2. The fourth-order valence-corrected chi connectivity index (χ4v) is 4.00. The predicted octanol–water partition coefficient (Wildman–Crippen LogP) is 3.65. The van der Waals surface area contributed by atoms with Crippen molar-refractivity contribution in [2.24, 2.45) is 0 Å². The summed E-state index contributed by atoms with van der Waals surface area (Å²) >= 11 is 0. The normalized spacial score (nSPS) is 14.2. The van der Waals surface area contributed by atoms with Crippen molar-refractivity contribution in [2.45, 2.75) is 26.5 Å². The molecule has 2 aromatic heterocycles. The minimum atomic E-state index is -2.90. The highest BCUT2D eigenvalue weighted by molar-refractivity contribution is 5.98. The number of fused-ring (bicyclic) bond motifs is 1. The summed E-state index contributed by atoms with van der Waals surface area (Å²) in [5, 5.41) is 3.29. The molecule has 10 heteroatoms. The van der Waals surface area contributed by atoms with Gasteiger partial charge in [0.2, 0.25) is 0 Å². The van der Waals surface area contributed by atoms with Gasteiger partial charge in [0.05, 0.1) is 13.2 Å². The molecular weight excluding hydrogens is 470 g/mol. The largest absolute Gasteiger partial charge is 0.435 e. The molecule has 0 aliphatic carbocycles. The summed E-state index contributed by atoms with van der Waals surface area (Å²) in [6, 6.07) is 9.55. The SMILES string of the molecule is C=C(CC)NC(=O)c1cc2cc(-c3ccc(OC(F)F)cc3)cnc2n(CCN2CCOCC2)c1=O. The first kappa shape index (κ1) is 25.5. The molecule has 1 fully saturated rings. The molecule has 0 radical (unpaired) electrons. The van der Waals surface area contributed by atoms with Gasteiger partial charge in [-0.15, -0.1) is 0 Å².